The van der Waals surface area contributed by atoms with E-state index in [4.69, 9.17) is 16.7 Å². The van der Waals surface area contributed by atoms with Crippen molar-refractivity contribution in [2.24, 2.45) is 0 Å². The Bertz CT molecular complexity index is 611. The van der Waals surface area contributed by atoms with Gasteiger partial charge in [-0.1, -0.05) is 11.6 Å². The first-order chi connectivity index (χ1) is 8.99. The highest BCUT2D eigenvalue weighted by molar-refractivity contribution is 6.33. The first kappa shape index (κ1) is 12.4. The quantitative estimate of drug-likeness (QED) is 0.849. The van der Waals surface area contributed by atoms with Crippen molar-refractivity contribution in [2.45, 2.75) is 25.3 Å². The summed E-state index contributed by atoms with van der Waals surface area (Å²) in [5, 5.41) is 8.81. The maximum Gasteiger partial charge on any atom is 0.333 e. The monoisotopic (exact) mass is 285 g/mol. The van der Waals surface area contributed by atoms with Gasteiger partial charge in [0.1, 0.15) is 5.02 Å². The van der Waals surface area contributed by atoms with E-state index in [9.17, 15) is 13.6 Å². The lowest BCUT2D eigenvalue weighted by atomic mass is 9.99. The van der Waals surface area contributed by atoms with Crippen LogP contribution in [0, 0.1) is 11.6 Å². The molecule has 0 spiro atoms. The van der Waals surface area contributed by atoms with Crippen molar-refractivity contribution in [3.8, 4) is 0 Å². The first-order valence-electron chi connectivity index (χ1n) is 5.87. The number of rotatable bonds is 2. The number of nitrogens with zero attached hydrogens (tertiary/aromatic N) is 1. The predicted octanol–water partition coefficient (Wildman–Crippen LogP) is 3.11. The van der Waals surface area contributed by atoms with E-state index in [0.717, 1.165) is 18.9 Å². The number of carbonyl (C=O) groups is 1. The van der Waals surface area contributed by atoms with Crippen LogP contribution in [0.25, 0.3) is 0 Å². The summed E-state index contributed by atoms with van der Waals surface area (Å²) in [6.07, 6.45) is 3.30. The highest BCUT2D eigenvalue weighted by atomic mass is 35.5. The average molecular weight is 286 g/mol. The number of aliphatic carboxylic acids is 1. The van der Waals surface area contributed by atoms with E-state index in [1.807, 2.05) is 0 Å². The lowest BCUT2D eigenvalue weighted by Crippen LogP contribution is -2.27. The fourth-order valence-electron chi connectivity index (χ4n) is 2.30. The van der Waals surface area contributed by atoms with Gasteiger partial charge in [-0.15, -0.1) is 0 Å². The summed E-state index contributed by atoms with van der Waals surface area (Å²) in [6, 6.07) is 1.15. The Hall–Kier alpha value is -1.62. The minimum Gasteiger partial charge on any atom is -0.478 e. The molecular weight excluding hydrogens is 276 g/mol. The number of fused-ring (bicyclic) bond motifs is 1. The fraction of sp³-hybridized carbons (Fsp3) is 0.308. The minimum atomic E-state index is -1.08. The molecule has 100 valence electrons. The van der Waals surface area contributed by atoms with E-state index in [0.29, 0.717) is 11.3 Å². The minimum absolute atomic E-state index is 0.0464. The highest BCUT2D eigenvalue weighted by Gasteiger charge is 2.35. The van der Waals surface area contributed by atoms with Crippen molar-refractivity contribution in [3.63, 3.8) is 0 Å². The standard InChI is InChI=1S/C13H10ClF2NO2/c14-10-11(16)9(15)4-6-3-7(13(18)19)5-17(12(6)10)8-1-2-8/h4-5,8H,1-3H2,(H,18,19). The molecule has 1 N–H and O–H groups in total. The summed E-state index contributed by atoms with van der Waals surface area (Å²) in [6.45, 7) is 0. The van der Waals surface area contributed by atoms with Crippen molar-refractivity contribution in [3.05, 3.63) is 40.1 Å². The Kier molecular flexibility index (Phi) is 2.74. The van der Waals surface area contributed by atoms with Gasteiger partial charge >= 0.3 is 5.97 Å². The van der Waals surface area contributed by atoms with Crippen molar-refractivity contribution in [1.82, 2.24) is 0 Å². The van der Waals surface area contributed by atoms with Gasteiger partial charge in [0.25, 0.3) is 0 Å². The normalized spacial score (nSPS) is 18.1. The average Bonchev–Trinajstić information content (AvgIpc) is 3.18. The molecule has 1 saturated carbocycles. The topological polar surface area (TPSA) is 40.5 Å². The highest BCUT2D eigenvalue weighted by Crippen LogP contribution is 2.43. The van der Waals surface area contributed by atoms with E-state index in [1.54, 1.807) is 4.90 Å². The Balaban J connectivity index is 2.16. The summed E-state index contributed by atoms with van der Waals surface area (Å²) in [4.78, 5) is 12.8. The molecule has 2 aliphatic rings. The van der Waals surface area contributed by atoms with Crippen LogP contribution in [-0.2, 0) is 11.2 Å². The molecule has 1 aromatic rings. The van der Waals surface area contributed by atoms with Gasteiger partial charge in [0.15, 0.2) is 11.6 Å². The zero-order chi connectivity index (χ0) is 13.7. The molecule has 1 fully saturated rings. The number of carboxylic acid groups (broad SMARTS) is 1. The lowest BCUT2D eigenvalue weighted by molar-refractivity contribution is -0.132. The third-order valence-electron chi connectivity index (χ3n) is 3.36. The van der Waals surface area contributed by atoms with Crippen LogP contribution in [0.2, 0.25) is 5.02 Å². The molecule has 0 bridgehead atoms. The van der Waals surface area contributed by atoms with Crippen LogP contribution in [0.5, 0.6) is 0 Å². The van der Waals surface area contributed by atoms with Gasteiger partial charge < -0.3 is 10.0 Å². The number of hydrogen-bond acceptors (Lipinski definition) is 2. The number of benzene rings is 1. The molecule has 0 aromatic heterocycles. The second-order valence-electron chi connectivity index (χ2n) is 4.77. The van der Waals surface area contributed by atoms with Gasteiger partial charge in [0.2, 0.25) is 0 Å². The van der Waals surface area contributed by atoms with Crippen LogP contribution >= 0.6 is 11.6 Å². The van der Waals surface area contributed by atoms with Gasteiger partial charge in [0.05, 0.1) is 11.3 Å². The number of anilines is 1. The van der Waals surface area contributed by atoms with E-state index in [2.05, 4.69) is 0 Å². The molecule has 1 aromatic carbocycles. The van der Waals surface area contributed by atoms with Crippen LogP contribution in [0.3, 0.4) is 0 Å². The van der Waals surface area contributed by atoms with Crippen LogP contribution < -0.4 is 4.90 Å². The second kappa shape index (κ2) is 4.20. The van der Waals surface area contributed by atoms with Crippen LogP contribution in [0.1, 0.15) is 18.4 Å². The first-order valence-corrected chi connectivity index (χ1v) is 6.25. The van der Waals surface area contributed by atoms with Gasteiger partial charge in [0, 0.05) is 18.7 Å². The van der Waals surface area contributed by atoms with Gasteiger partial charge in [-0.05, 0) is 24.5 Å². The summed E-state index contributed by atoms with van der Waals surface area (Å²) in [5.74, 6) is -3.19. The molecular formula is C13H10ClF2NO2. The van der Waals surface area contributed by atoms with Gasteiger partial charge in [-0.2, -0.15) is 0 Å². The molecule has 3 rings (SSSR count). The maximum atomic E-state index is 13.6. The number of halogens is 3. The van der Waals surface area contributed by atoms with Gasteiger partial charge in [-0.25, -0.2) is 13.6 Å². The Morgan fingerprint density at radius 1 is 1.42 bits per heavy atom. The van der Waals surface area contributed by atoms with Gasteiger partial charge in [-0.3, -0.25) is 0 Å². The molecule has 0 radical (unpaired) electrons. The van der Waals surface area contributed by atoms with Crippen molar-refractivity contribution >= 4 is 23.3 Å². The fourth-order valence-corrected chi connectivity index (χ4v) is 2.61. The Morgan fingerprint density at radius 3 is 2.68 bits per heavy atom. The van der Waals surface area contributed by atoms with Crippen LogP contribution in [0.15, 0.2) is 17.8 Å². The molecule has 1 aliphatic carbocycles. The maximum absolute atomic E-state index is 13.6. The van der Waals surface area contributed by atoms with Crippen LogP contribution in [-0.4, -0.2) is 17.1 Å². The summed E-state index contributed by atoms with van der Waals surface area (Å²) in [5.41, 5.74) is 0.963. The number of carboxylic acids is 1. The van der Waals surface area contributed by atoms with Crippen molar-refractivity contribution < 1.29 is 18.7 Å². The van der Waals surface area contributed by atoms with E-state index < -0.39 is 17.6 Å². The number of hydrogen-bond donors (Lipinski definition) is 1. The largest absolute Gasteiger partial charge is 0.478 e. The third kappa shape index (κ3) is 1.98. The van der Waals surface area contributed by atoms with E-state index in [-0.39, 0.29) is 23.1 Å². The molecule has 0 amide bonds. The molecule has 19 heavy (non-hydrogen) atoms. The molecule has 0 saturated heterocycles. The summed E-state index contributed by atoms with van der Waals surface area (Å²) < 4.78 is 27.0. The molecule has 1 heterocycles. The second-order valence-corrected chi connectivity index (χ2v) is 5.15. The van der Waals surface area contributed by atoms with Crippen molar-refractivity contribution in [2.75, 3.05) is 4.90 Å². The molecule has 0 unspecified atom stereocenters. The lowest BCUT2D eigenvalue weighted by Gasteiger charge is -2.29. The van der Waals surface area contributed by atoms with E-state index in [1.165, 1.54) is 6.20 Å². The third-order valence-corrected chi connectivity index (χ3v) is 3.71. The predicted molar refractivity (Wildman–Crippen MR) is 66.3 cm³/mol. The smallest absolute Gasteiger partial charge is 0.333 e. The zero-order valence-electron chi connectivity index (χ0n) is 9.79. The Labute approximate surface area is 113 Å². The van der Waals surface area contributed by atoms with Crippen LogP contribution in [0.4, 0.5) is 14.5 Å². The summed E-state index contributed by atoms with van der Waals surface area (Å²) in [7, 11) is 0. The molecule has 3 nitrogen and oxygen atoms in total. The van der Waals surface area contributed by atoms with Crippen molar-refractivity contribution in [1.29, 1.82) is 0 Å². The Morgan fingerprint density at radius 2 is 2.11 bits per heavy atom. The zero-order valence-corrected chi connectivity index (χ0v) is 10.5. The molecule has 1 aliphatic heterocycles. The molecule has 0 atom stereocenters. The summed E-state index contributed by atoms with van der Waals surface area (Å²) >= 11 is 5.88. The molecule has 6 heteroatoms. The van der Waals surface area contributed by atoms with E-state index >= 15 is 0 Å². The SMILES string of the molecule is O=C(O)C1=CN(C2CC2)c2c(cc(F)c(F)c2Cl)C1.